The number of carbonyl (C=O) groups excluding carboxylic acids is 2. The molecule has 21 heavy (non-hydrogen) atoms. The maximum Gasteiger partial charge on any atom is 0.328 e. The number of ether oxygens (including phenoxy) is 1. The molecule has 0 bridgehead atoms. The van der Waals surface area contributed by atoms with Gasteiger partial charge >= 0.3 is 5.97 Å². The highest BCUT2D eigenvalue weighted by atomic mass is 19.1. The Morgan fingerprint density at radius 3 is 2.62 bits per heavy atom. The van der Waals surface area contributed by atoms with Gasteiger partial charge in [0.2, 0.25) is 5.91 Å². The zero-order valence-electron chi connectivity index (χ0n) is 11.9. The summed E-state index contributed by atoms with van der Waals surface area (Å²) in [6.45, 7) is 0. The summed E-state index contributed by atoms with van der Waals surface area (Å²) in [5, 5.41) is 2.70. The molecule has 0 unspecified atom stereocenters. The average Bonchev–Trinajstić information content (AvgIpc) is 3.02. The Bertz CT molecular complexity index is 551. The van der Waals surface area contributed by atoms with Crippen molar-refractivity contribution in [1.82, 2.24) is 5.32 Å². The molecule has 1 atom stereocenters. The van der Waals surface area contributed by atoms with Crippen LogP contribution in [0.15, 0.2) is 35.9 Å². The predicted molar refractivity (Wildman–Crippen MR) is 76.0 cm³/mol. The second kappa shape index (κ2) is 7.02. The minimum Gasteiger partial charge on any atom is -0.467 e. The van der Waals surface area contributed by atoms with E-state index in [0.29, 0.717) is 5.57 Å². The average molecular weight is 291 g/mol. The highest BCUT2D eigenvalue weighted by molar-refractivity contribution is 5.96. The second-order valence-corrected chi connectivity index (χ2v) is 5.00. The van der Waals surface area contributed by atoms with E-state index in [1.54, 1.807) is 12.1 Å². The summed E-state index contributed by atoms with van der Waals surface area (Å²) in [5.74, 6) is -1.08. The fourth-order valence-corrected chi connectivity index (χ4v) is 2.32. The number of nitrogens with one attached hydrogen (secondary N) is 1. The first kappa shape index (κ1) is 15.2. The van der Waals surface area contributed by atoms with Crippen LogP contribution in [-0.4, -0.2) is 25.0 Å². The lowest BCUT2D eigenvalue weighted by atomic mass is 10.1. The van der Waals surface area contributed by atoms with E-state index in [1.165, 1.54) is 19.2 Å². The van der Waals surface area contributed by atoms with Crippen molar-refractivity contribution < 1.29 is 18.7 Å². The van der Waals surface area contributed by atoms with Crippen molar-refractivity contribution in [3.63, 3.8) is 0 Å². The van der Waals surface area contributed by atoms with Crippen molar-refractivity contribution in [1.29, 1.82) is 0 Å². The predicted octanol–water partition coefficient (Wildman–Crippen LogP) is 2.14. The van der Waals surface area contributed by atoms with Crippen molar-refractivity contribution in [3.05, 3.63) is 47.3 Å². The van der Waals surface area contributed by atoms with E-state index in [2.05, 4.69) is 5.32 Å². The van der Waals surface area contributed by atoms with Gasteiger partial charge in [-0.05, 0) is 37.0 Å². The molecule has 0 aromatic heterocycles. The van der Waals surface area contributed by atoms with E-state index < -0.39 is 12.0 Å². The van der Waals surface area contributed by atoms with E-state index in [-0.39, 0.29) is 18.1 Å². The molecule has 4 nitrogen and oxygen atoms in total. The number of halogens is 1. The number of esters is 1. The van der Waals surface area contributed by atoms with E-state index in [0.717, 1.165) is 24.8 Å². The van der Waals surface area contributed by atoms with Gasteiger partial charge < -0.3 is 10.1 Å². The highest BCUT2D eigenvalue weighted by Crippen LogP contribution is 2.18. The molecule has 0 fully saturated rings. The van der Waals surface area contributed by atoms with Gasteiger partial charge in [-0.15, -0.1) is 0 Å². The molecule has 1 amide bonds. The van der Waals surface area contributed by atoms with Crippen LogP contribution in [0.1, 0.15) is 24.8 Å². The zero-order chi connectivity index (χ0) is 15.2. The Kier molecular flexibility index (Phi) is 5.09. The van der Waals surface area contributed by atoms with E-state index in [1.807, 2.05) is 6.08 Å². The molecule has 5 heteroatoms. The molecule has 1 aromatic rings. The van der Waals surface area contributed by atoms with Crippen LogP contribution >= 0.6 is 0 Å². The maximum absolute atomic E-state index is 12.9. The first-order chi connectivity index (χ1) is 10.1. The molecule has 0 heterocycles. The summed E-state index contributed by atoms with van der Waals surface area (Å²) in [4.78, 5) is 23.9. The maximum atomic E-state index is 12.9. The normalized spacial score (nSPS) is 15.2. The van der Waals surface area contributed by atoms with Crippen LogP contribution in [0.25, 0.3) is 0 Å². The van der Waals surface area contributed by atoms with Crippen molar-refractivity contribution in [3.8, 4) is 0 Å². The van der Waals surface area contributed by atoms with Gasteiger partial charge in [-0.2, -0.15) is 0 Å². The molecule has 0 radical (unpaired) electrons. The standard InChI is InChI=1S/C16H18FNO3/c1-21-16(20)14(10-11-6-8-13(17)9-7-11)18-15(19)12-4-2-3-5-12/h4,6-9,14H,2-3,5,10H2,1H3,(H,18,19)/t14-/m0/s1. The lowest BCUT2D eigenvalue weighted by molar-refractivity contribution is -0.144. The molecule has 1 aromatic carbocycles. The van der Waals surface area contributed by atoms with E-state index >= 15 is 0 Å². The van der Waals surface area contributed by atoms with Crippen LogP contribution in [-0.2, 0) is 20.7 Å². The minimum atomic E-state index is -0.769. The first-order valence-electron chi connectivity index (χ1n) is 6.92. The van der Waals surface area contributed by atoms with Gasteiger partial charge in [0, 0.05) is 12.0 Å². The van der Waals surface area contributed by atoms with E-state index in [4.69, 9.17) is 4.74 Å². The quantitative estimate of drug-likeness (QED) is 0.846. The molecule has 0 aliphatic heterocycles. The van der Waals surface area contributed by atoms with Crippen LogP contribution < -0.4 is 5.32 Å². The van der Waals surface area contributed by atoms with Crippen LogP contribution in [0.2, 0.25) is 0 Å². The Morgan fingerprint density at radius 1 is 1.33 bits per heavy atom. The molecule has 0 spiro atoms. The van der Waals surface area contributed by atoms with E-state index in [9.17, 15) is 14.0 Å². The van der Waals surface area contributed by atoms with Gasteiger partial charge in [-0.1, -0.05) is 18.2 Å². The molecule has 0 saturated heterocycles. The Labute approximate surface area is 123 Å². The lowest BCUT2D eigenvalue weighted by Gasteiger charge is -2.17. The summed E-state index contributed by atoms with van der Waals surface area (Å²) >= 11 is 0. The molecular formula is C16H18FNO3. The number of amides is 1. The first-order valence-corrected chi connectivity index (χ1v) is 6.92. The molecule has 1 aliphatic rings. The van der Waals surface area contributed by atoms with Crippen molar-refractivity contribution in [2.75, 3.05) is 7.11 Å². The van der Waals surface area contributed by atoms with Crippen molar-refractivity contribution in [2.45, 2.75) is 31.7 Å². The topological polar surface area (TPSA) is 55.4 Å². The number of rotatable bonds is 5. The third-order valence-corrected chi connectivity index (χ3v) is 3.48. The third kappa shape index (κ3) is 4.15. The van der Waals surface area contributed by atoms with Gasteiger partial charge in [-0.25, -0.2) is 9.18 Å². The van der Waals surface area contributed by atoms with Gasteiger partial charge in [-0.3, -0.25) is 4.79 Å². The monoisotopic (exact) mass is 291 g/mol. The van der Waals surface area contributed by atoms with Crippen LogP contribution in [0.3, 0.4) is 0 Å². The molecular weight excluding hydrogens is 273 g/mol. The van der Waals surface area contributed by atoms with Crippen LogP contribution in [0.4, 0.5) is 4.39 Å². The minimum absolute atomic E-state index is 0.231. The van der Waals surface area contributed by atoms with Crippen LogP contribution in [0.5, 0.6) is 0 Å². The summed E-state index contributed by atoms with van der Waals surface area (Å²) in [6.07, 6.45) is 4.75. The van der Waals surface area contributed by atoms with Crippen molar-refractivity contribution in [2.24, 2.45) is 0 Å². The fraction of sp³-hybridized carbons (Fsp3) is 0.375. The smallest absolute Gasteiger partial charge is 0.328 e. The number of allylic oxidation sites excluding steroid dienone is 1. The molecule has 1 N–H and O–H groups in total. The van der Waals surface area contributed by atoms with Gasteiger partial charge in [0.15, 0.2) is 0 Å². The summed E-state index contributed by atoms with van der Waals surface area (Å²) < 4.78 is 17.6. The highest BCUT2D eigenvalue weighted by Gasteiger charge is 2.24. The molecule has 0 saturated carbocycles. The SMILES string of the molecule is COC(=O)[C@H](Cc1ccc(F)cc1)NC(=O)C1=CCCC1. The van der Waals surface area contributed by atoms with Gasteiger partial charge in [0.1, 0.15) is 11.9 Å². The Hall–Kier alpha value is -2.17. The summed E-state index contributed by atoms with van der Waals surface area (Å²) in [5.41, 5.74) is 1.47. The number of methoxy groups -OCH3 is 1. The number of hydrogen-bond donors (Lipinski definition) is 1. The Balaban J connectivity index is 2.05. The number of hydrogen-bond acceptors (Lipinski definition) is 3. The van der Waals surface area contributed by atoms with Crippen LogP contribution in [0, 0.1) is 5.82 Å². The largest absolute Gasteiger partial charge is 0.467 e. The fourth-order valence-electron chi connectivity index (χ4n) is 2.32. The van der Waals surface area contributed by atoms with Gasteiger partial charge in [0.25, 0.3) is 0 Å². The molecule has 1 aliphatic carbocycles. The van der Waals surface area contributed by atoms with Crippen molar-refractivity contribution >= 4 is 11.9 Å². The molecule has 112 valence electrons. The molecule has 2 rings (SSSR count). The Morgan fingerprint density at radius 2 is 2.05 bits per heavy atom. The number of benzene rings is 1. The lowest BCUT2D eigenvalue weighted by Crippen LogP contribution is -2.43. The third-order valence-electron chi connectivity index (χ3n) is 3.48. The summed E-state index contributed by atoms with van der Waals surface area (Å²) in [7, 11) is 1.28. The summed E-state index contributed by atoms with van der Waals surface area (Å²) in [6, 6.07) is 5.06. The zero-order valence-corrected chi connectivity index (χ0v) is 11.9. The number of carbonyl (C=O) groups is 2. The second-order valence-electron chi connectivity index (χ2n) is 5.00. The van der Waals surface area contributed by atoms with Gasteiger partial charge in [0.05, 0.1) is 7.11 Å².